The molecule has 3 rings (SSSR count). The van der Waals surface area contributed by atoms with Crippen LogP contribution in [0.3, 0.4) is 0 Å². The zero-order valence-electron chi connectivity index (χ0n) is 26.0. The van der Waals surface area contributed by atoms with Gasteiger partial charge < -0.3 is 0 Å². The van der Waals surface area contributed by atoms with E-state index in [1.54, 1.807) is 5.56 Å². The zero-order chi connectivity index (χ0) is 28.5. The van der Waals surface area contributed by atoms with E-state index in [4.69, 9.17) is 0 Å². The third-order valence-corrected chi connectivity index (χ3v) is 13.5. The van der Waals surface area contributed by atoms with E-state index in [2.05, 4.69) is 142 Å². The summed E-state index contributed by atoms with van der Waals surface area (Å²) in [4.78, 5) is 9.02. The molecule has 0 radical (unpaired) electrons. The Morgan fingerprint density at radius 1 is 0.579 bits per heavy atom. The van der Waals surface area contributed by atoms with Gasteiger partial charge in [0.2, 0.25) is 0 Å². The van der Waals surface area contributed by atoms with Crippen molar-refractivity contribution < 1.29 is 0 Å². The van der Waals surface area contributed by atoms with Crippen LogP contribution in [-0.4, -0.2) is 20.3 Å². The Labute approximate surface area is 236 Å². The quantitative estimate of drug-likeness (QED) is 0.287. The normalized spacial score (nSPS) is 13.4. The van der Waals surface area contributed by atoms with Gasteiger partial charge in [-0.05, 0) is 80.2 Å². The predicted octanol–water partition coefficient (Wildman–Crippen LogP) is 9.28. The minimum atomic E-state index is -0.628. The first-order chi connectivity index (χ1) is 17.4. The fourth-order valence-electron chi connectivity index (χ4n) is 5.40. The lowest BCUT2D eigenvalue weighted by Gasteiger charge is -2.42. The van der Waals surface area contributed by atoms with Crippen LogP contribution in [0, 0.1) is 0 Å². The number of hydrogen-bond donors (Lipinski definition) is 0. The van der Waals surface area contributed by atoms with Gasteiger partial charge in [-0.1, -0.05) is 115 Å². The average Bonchev–Trinajstić information content (AvgIpc) is 2.79. The number of benzene rings is 1. The SMILES string of the molecule is CC(C)(C)c1cc(CP(c2cccnc2)c2cccnc2)c(CP(C(C)(C)C)C(C)(C)C)cc1C(C)(C)C. The van der Waals surface area contributed by atoms with Gasteiger partial charge in [0.1, 0.15) is 0 Å². The number of pyridine rings is 2. The Hall–Kier alpha value is -1.62. The van der Waals surface area contributed by atoms with E-state index in [0.29, 0.717) is 0 Å². The van der Waals surface area contributed by atoms with Crippen LogP contribution in [-0.2, 0) is 23.2 Å². The van der Waals surface area contributed by atoms with Gasteiger partial charge in [0.05, 0.1) is 0 Å². The first-order valence-corrected chi connectivity index (χ1v) is 17.0. The summed E-state index contributed by atoms with van der Waals surface area (Å²) >= 11 is 0. The maximum Gasteiger partial charge on any atom is 0.0348 e. The molecule has 3 aromatic rings. The number of aromatic nitrogens is 2. The lowest BCUT2D eigenvalue weighted by Crippen LogP contribution is -2.27. The van der Waals surface area contributed by atoms with Crippen LogP contribution in [0.25, 0.3) is 0 Å². The summed E-state index contributed by atoms with van der Waals surface area (Å²) in [5, 5.41) is 3.17. The molecule has 0 saturated heterocycles. The van der Waals surface area contributed by atoms with Gasteiger partial charge in [-0.3, -0.25) is 9.97 Å². The molecule has 2 aromatic heterocycles. The maximum absolute atomic E-state index is 4.51. The van der Waals surface area contributed by atoms with Crippen LogP contribution in [0.2, 0.25) is 0 Å². The molecule has 2 nitrogen and oxygen atoms in total. The molecular formula is C34H50N2P2. The molecule has 0 aliphatic rings. The Morgan fingerprint density at radius 3 is 1.29 bits per heavy atom. The maximum atomic E-state index is 4.51. The third kappa shape index (κ3) is 7.73. The predicted molar refractivity (Wildman–Crippen MR) is 172 cm³/mol. The molecule has 4 heteroatoms. The van der Waals surface area contributed by atoms with E-state index in [1.807, 2.05) is 12.4 Å². The van der Waals surface area contributed by atoms with Crippen LogP contribution in [0.5, 0.6) is 0 Å². The summed E-state index contributed by atoms with van der Waals surface area (Å²) in [5.41, 5.74) is 6.17. The van der Waals surface area contributed by atoms with Crippen molar-refractivity contribution in [2.45, 2.75) is 117 Å². The van der Waals surface area contributed by atoms with Crippen molar-refractivity contribution in [1.82, 2.24) is 9.97 Å². The number of hydrogen-bond acceptors (Lipinski definition) is 2. The van der Waals surface area contributed by atoms with Crippen LogP contribution in [0.15, 0.2) is 61.2 Å². The fraction of sp³-hybridized carbons (Fsp3) is 0.529. The van der Waals surface area contributed by atoms with Crippen molar-refractivity contribution in [3.63, 3.8) is 0 Å². The first kappa shape index (κ1) is 30.9. The van der Waals surface area contributed by atoms with Crippen LogP contribution in [0.1, 0.15) is 105 Å². The summed E-state index contributed by atoms with van der Waals surface area (Å²) in [7, 11) is -0.901. The minimum Gasteiger partial charge on any atom is -0.264 e. The molecule has 1 aromatic carbocycles. The highest BCUT2D eigenvalue weighted by Crippen LogP contribution is 2.62. The lowest BCUT2D eigenvalue weighted by molar-refractivity contribution is 0.529. The molecule has 0 aliphatic carbocycles. The molecule has 0 bridgehead atoms. The summed E-state index contributed by atoms with van der Waals surface area (Å²) in [5.74, 6) is 0. The molecule has 0 N–H and O–H groups in total. The largest absolute Gasteiger partial charge is 0.264 e. The Bertz CT molecular complexity index is 1140. The van der Waals surface area contributed by atoms with Crippen LogP contribution < -0.4 is 10.6 Å². The van der Waals surface area contributed by atoms with Crippen LogP contribution >= 0.6 is 15.8 Å². The summed E-state index contributed by atoms with van der Waals surface area (Å²) < 4.78 is 0. The molecule has 2 heterocycles. The van der Waals surface area contributed by atoms with E-state index in [0.717, 1.165) is 12.3 Å². The van der Waals surface area contributed by atoms with Gasteiger partial charge in [0, 0.05) is 30.9 Å². The Kier molecular flexibility index (Phi) is 9.33. The smallest absolute Gasteiger partial charge is 0.0348 e. The molecule has 38 heavy (non-hydrogen) atoms. The summed E-state index contributed by atoms with van der Waals surface area (Å²) in [6.45, 7) is 28.8. The van der Waals surface area contributed by atoms with Crippen molar-refractivity contribution in [1.29, 1.82) is 0 Å². The molecule has 0 unspecified atom stereocenters. The average molecular weight is 549 g/mol. The van der Waals surface area contributed by atoms with Crippen molar-refractivity contribution in [2.24, 2.45) is 0 Å². The Balaban J connectivity index is 2.28. The molecular weight excluding hydrogens is 498 g/mol. The third-order valence-electron chi connectivity index (χ3n) is 7.15. The zero-order valence-corrected chi connectivity index (χ0v) is 27.8. The highest BCUT2D eigenvalue weighted by atomic mass is 31.1. The van der Waals surface area contributed by atoms with E-state index < -0.39 is 7.92 Å². The van der Waals surface area contributed by atoms with Gasteiger partial charge in [0.15, 0.2) is 0 Å². The first-order valence-electron chi connectivity index (χ1n) is 13.9. The molecule has 0 amide bonds. The second-order valence-corrected chi connectivity index (χ2v) is 20.7. The van der Waals surface area contributed by atoms with E-state index in [1.165, 1.54) is 27.3 Å². The van der Waals surface area contributed by atoms with E-state index in [9.17, 15) is 0 Å². The molecule has 0 atom stereocenters. The van der Waals surface area contributed by atoms with Gasteiger partial charge in [-0.15, -0.1) is 0 Å². The second-order valence-electron chi connectivity index (χ2n) is 14.6. The molecule has 0 aliphatic heterocycles. The standard InChI is InChI=1S/C34H50N2P2/c1-31(2,3)29-19-25(23-37(27-15-13-17-35-21-27)28-16-14-18-36-22-28)26(20-30(29)32(4,5)6)24-38(33(7,8)9)34(10,11)12/h13-22H,23-24H2,1-12H3. The van der Waals surface area contributed by atoms with E-state index in [-0.39, 0.29) is 29.1 Å². The van der Waals surface area contributed by atoms with Crippen molar-refractivity contribution in [3.8, 4) is 0 Å². The number of nitrogens with zero attached hydrogens (tertiary/aromatic N) is 2. The van der Waals surface area contributed by atoms with Gasteiger partial charge in [-0.25, -0.2) is 0 Å². The van der Waals surface area contributed by atoms with Gasteiger partial charge in [-0.2, -0.15) is 0 Å². The monoisotopic (exact) mass is 548 g/mol. The highest BCUT2D eigenvalue weighted by Gasteiger charge is 2.36. The Morgan fingerprint density at radius 2 is 0.974 bits per heavy atom. The summed E-state index contributed by atoms with van der Waals surface area (Å²) in [6.07, 6.45) is 10.0. The van der Waals surface area contributed by atoms with Crippen molar-refractivity contribution >= 4 is 26.5 Å². The van der Waals surface area contributed by atoms with Crippen molar-refractivity contribution in [2.75, 3.05) is 0 Å². The van der Waals surface area contributed by atoms with Gasteiger partial charge in [0.25, 0.3) is 0 Å². The van der Waals surface area contributed by atoms with Gasteiger partial charge >= 0.3 is 0 Å². The summed E-state index contributed by atoms with van der Waals surface area (Å²) in [6, 6.07) is 13.8. The lowest BCUT2D eigenvalue weighted by atomic mass is 9.74. The van der Waals surface area contributed by atoms with Crippen molar-refractivity contribution in [3.05, 3.63) is 83.4 Å². The molecule has 0 spiro atoms. The highest BCUT2D eigenvalue weighted by molar-refractivity contribution is 7.72. The van der Waals surface area contributed by atoms with E-state index >= 15 is 0 Å². The molecule has 0 fully saturated rings. The molecule has 0 saturated carbocycles. The van der Waals surface area contributed by atoms with Crippen LogP contribution in [0.4, 0.5) is 0 Å². The second kappa shape index (κ2) is 11.5. The fourth-order valence-corrected chi connectivity index (χ4v) is 11.2. The topological polar surface area (TPSA) is 25.8 Å². The number of rotatable bonds is 6. The molecule has 206 valence electrons. The minimum absolute atomic E-state index is 0.0695.